The maximum absolute atomic E-state index is 10.2. The van der Waals surface area contributed by atoms with Crippen LogP contribution in [0.4, 0.5) is 5.69 Å². The molecule has 0 saturated heterocycles. The summed E-state index contributed by atoms with van der Waals surface area (Å²) in [4.78, 5) is 12.3. The quantitative estimate of drug-likeness (QED) is 0.266. The van der Waals surface area contributed by atoms with Crippen LogP contribution in [-0.2, 0) is 0 Å². The van der Waals surface area contributed by atoms with Gasteiger partial charge in [-0.3, -0.25) is 10.1 Å². The van der Waals surface area contributed by atoms with Crippen LogP contribution < -0.4 is 0 Å². The molecule has 1 aromatic rings. The second-order valence-corrected chi connectivity index (χ2v) is 4.29. The van der Waals surface area contributed by atoms with Gasteiger partial charge in [0.25, 0.3) is 0 Å². The Hall–Kier alpha value is -1.37. The smallest absolute Gasteiger partial charge is 0.235 e. The summed E-state index contributed by atoms with van der Waals surface area (Å²) in [5.41, 5.74) is 9.15. The van der Waals surface area contributed by atoms with Crippen molar-refractivity contribution < 1.29 is 4.92 Å². The molecule has 0 atom stereocenters. The molecule has 16 heavy (non-hydrogen) atoms. The average molecular weight is 348 g/mol. The molecule has 0 fully saturated rings. The number of nitro groups is 1. The SMILES string of the molecule is [N-]=[N+]=Nc1c(Br)ccc(Br)c1/C=C/[N+](=O)[O-]. The van der Waals surface area contributed by atoms with Crippen molar-refractivity contribution in [2.75, 3.05) is 0 Å². The van der Waals surface area contributed by atoms with E-state index in [1.807, 2.05) is 0 Å². The monoisotopic (exact) mass is 346 g/mol. The predicted octanol–water partition coefficient (Wildman–Crippen LogP) is 4.40. The topological polar surface area (TPSA) is 91.9 Å². The van der Waals surface area contributed by atoms with Crippen LogP contribution in [0.2, 0.25) is 0 Å². The highest BCUT2D eigenvalue weighted by atomic mass is 79.9. The fraction of sp³-hybridized carbons (Fsp3) is 0. The summed E-state index contributed by atoms with van der Waals surface area (Å²) in [6.45, 7) is 0. The van der Waals surface area contributed by atoms with E-state index in [-0.39, 0.29) is 0 Å². The molecule has 0 saturated carbocycles. The minimum absolute atomic E-state index is 0.301. The van der Waals surface area contributed by atoms with Crippen LogP contribution in [0.15, 0.2) is 32.4 Å². The van der Waals surface area contributed by atoms with Gasteiger partial charge in [-0.25, -0.2) is 0 Å². The molecule has 6 nitrogen and oxygen atoms in total. The Morgan fingerprint density at radius 1 is 1.44 bits per heavy atom. The van der Waals surface area contributed by atoms with Crippen molar-refractivity contribution in [2.45, 2.75) is 0 Å². The standard InChI is InChI=1S/C8H4Br2N4O2/c9-6-1-2-7(10)8(12-13-11)5(6)3-4-14(15)16/h1-4H/b4-3+. The molecule has 0 unspecified atom stereocenters. The highest BCUT2D eigenvalue weighted by Gasteiger charge is 2.07. The third-order valence-electron chi connectivity index (χ3n) is 1.62. The number of rotatable bonds is 3. The van der Waals surface area contributed by atoms with Crippen molar-refractivity contribution in [3.05, 3.63) is 53.4 Å². The summed E-state index contributed by atoms with van der Waals surface area (Å²) in [5.74, 6) is 0. The lowest BCUT2D eigenvalue weighted by Gasteiger charge is -2.04. The minimum Gasteiger partial charge on any atom is -0.259 e. The number of hydrogen-bond donors (Lipinski definition) is 0. The van der Waals surface area contributed by atoms with E-state index in [0.29, 0.717) is 20.2 Å². The van der Waals surface area contributed by atoms with Gasteiger partial charge in [0, 0.05) is 25.5 Å². The Morgan fingerprint density at radius 2 is 2.06 bits per heavy atom. The van der Waals surface area contributed by atoms with E-state index in [1.54, 1.807) is 12.1 Å². The van der Waals surface area contributed by atoms with Crippen LogP contribution in [0.25, 0.3) is 16.5 Å². The molecule has 8 heteroatoms. The zero-order valence-corrected chi connectivity index (χ0v) is 10.8. The average Bonchev–Trinajstić information content (AvgIpc) is 2.22. The molecule has 0 aliphatic rings. The van der Waals surface area contributed by atoms with Crippen LogP contribution in [0.1, 0.15) is 5.56 Å². The molecule has 82 valence electrons. The van der Waals surface area contributed by atoms with E-state index >= 15 is 0 Å². The molecule has 0 radical (unpaired) electrons. The molecule has 0 amide bonds. The van der Waals surface area contributed by atoms with E-state index in [9.17, 15) is 10.1 Å². The molecular weight excluding hydrogens is 344 g/mol. The summed E-state index contributed by atoms with van der Waals surface area (Å²) in [6, 6.07) is 3.37. The van der Waals surface area contributed by atoms with Crippen molar-refractivity contribution in [1.82, 2.24) is 0 Å². The van der Waals surface area contributed by atoms with Gasteiger partial charge < -0.3 is 0 Å². The highest BCUT2D eigenvalue weighted by Crippen LogP contribution is 2.35. The summed E-state index contributed by atoms with van der Waals surface area (Å²) in [6.07, 6.45) is 2.04. The molecule has 0 N–H and O–H groups in total. The number of benzene rings is 1. The maximum Gasteiger partial charge on any atom is 0.235 e. The second-order valence-electron chi connectivity index (χ2n) is 2.58. The molecular formula is C8H4Br2N4O2. The maximum atomic E-state index is 10.2. The molecule has 0 spiro atoms. The number of hydrogen-bond acceptors (Lipinski definition) is 3. The lowest BCUT2D eigenvalue weighted by molar-refractivity contribution is -0.400. The lowest BCUT2D eigenvalue weighted by Crippen LogP contribution is -1.84. The first kappa shape index (κ1) is 12.7. The Morgan fingerprint density at radius 3 is 2.62 bits per heavy atom. The normalized spacial score (nSPS) is 10.1. The van der Waals surface area contributed by atoms with Crippen LogP contribution in [-0.4, -0.2) is 4.92 Å². The molecule has 1 aromatic carbocycles. The van der Waals surface area contributed by atoms with Crippen LogP contribution >= 0.6 is 31.9 Å². The molecule has 0 aromatic heterocycles. The minimum atomic E-state index is -0.590. The summed E-state index contributed by atoms with van der Waals surface area (Å²) >= 11 is 6.42. The number of nitrogens with zero attached hydrogens (tertiary/aromatic N) is 4. The molecule has 0 heterocycles. The van der Waals surface area contributed by atoms with Gasteiger partial charge in [-0.1, -0.05) is 37.0 Å². The van der Waals surface area contributed by atoms with E-state index < -0.39 is 4.92 Å². The van der Waals surface area contributed by atoms with Crippen LogP contribution in [0, 0.1) is 10.1 Å². The van der Waals surface area contributed by atoms with Crippen molar-refractivity contribution >= 4 is 43.6 Å². The Balaban J connectivity index is 3.39. The lowest BCUT2D eigenvalue weighted by atomic mass is 10.2. The van der Waals surface area contributed by atoms with E-state index in [0.717, 1.165) is 6.20 Å². The Bertz CT molecular complexity index is 509. The third-order valence-corrected chi connectivity index (χ3v) is 2.95. The molecule has 0 aliphatic heterocycles. The van der Waals surface area contributed by atoms with E-state index in [4.69, 9.17) is 5.53 Å². The van der Waals surface area contributed by atoms with Crippen molar-refractivity contribution in [3.63, 3.8) is 0 Å². The van der Waals surface area contributed by atoms with Gasteiger partial charge in [0.15, 0.2) is 0 Å². The fourth-order valence-electron chi connectivity index (χ4n) is 0.997. The van der Waals surface area contributed by atoms with Crippen molar-refractivity contribution in [3.8, 4) is 0 Å². The van der Waals surface area contributed by atoms with Crippen LogP contribution in [0.3, 0.4) is 0 Å². The van der Waals surface area contributed by atoms with Crippen molar-refractivity contribution in [2.24, 2.45) is 5.11 Å². The van der Waals surface area contributed by atoms with Gasteiger partial charge in [-0.15, -0.1) is 0 Å². The van der Waals surface area contributed by atoms with Crippen molar-refractivity contribution in [1.29, 1.82) is 0 Å². The first-order valence-electron chi connectivity index (χ1n) is 3.91. The van der Waals surface area contributed by atoms with Gasteiger partial charge in [0.1, 0.15) is 0 Å². The largest absolute Gasteiger partial charge is 0.259 e. The van der Waals surface area contributed by atoms with Gasteiger partial charge in [0.05, 0.1) is 10.6 Å². The summed E-state index contributed by atoms with van der Waals surface area (Å²) in [7, 11) is 0. The fourth-order valence-corrected chi connectivity index (χ4v) is 1.87. The highest BCUT2D eigenvalue weighted by molar-refractivity contribution is 9.11. The Labute approximate surface area is 107 Å². The third kappa shape index (κ3) is 3.06. The first-order valence-corrected chi connectivity index (χ1v) is 5.49. The second kappa shape index (κ2) is 5.64. The zero-order chi connectivity index (χ0) is 12.1. The zero-order valence-electron chi connectivity index (χ0n) is 7.67. The van der Waals surface area contributed by atoms with Crippen LogP contribution in [0.5, 0.6) is 0 Å². The molecule has 0 aliphatic carbocycles. The summed E-state index contributed by atoms with van der Waals surface area (Å²) in [5, 5.41) is 13.7. The summed E-state index contributed by atoms with van der Waals surface area (Å²) < 4.78 is 1.17. The van der Waals surface area contributed by atoms with E-state index in [1.165, 1.54) is 6.08 Å². The van der Waals surface area contributed by atoms with Gasteiger partial charge in [0.2, 0.25) is 6.20 Å². The van der Waals surface area contributed by atoms with Gasteiger partial charge in [-0.05, 0) is 17.7 Å². The number of azide groups is 1. The number of halogens is 2. The van der Waals surface area contributed by atoms with Gasteiger partial charge in [-0.2, -0.15) is 0 Å². The first-order chi connectivity index (χ1) is 7.56. The molecule has 0 bridgehead atoms. The van der Waals surface area contributed by atoms with Gasteiger partial charge >= 0.3 is 0 Å². The Kier molecular flexibility index (Phi) is 4.48. The molecule has 1 rings (SSSR count). The van der Waals surface area contributed by atoms with E-state index in [2.05, 4.69) is 41.9 Å². The predicted molar refractivity (Wildman–Crippen MR) is 66.7 cm³/mol.